The molecule has 0 aliphatic heterocycles. The maximum absolute atomic E-state index is 5.76. The van der Waals surface area contributed by atoms with Crippen LogP contribution in [0.4, 0.5) is 11.4 Å². The molecule has 0 unspecified atom stereocenters. The van der Waals surface area contributed by atoms with E-state index in [0.29, 0.717) is 26.3 Å². The molecule has 0 fully saturated rings. The normalized spacial score (nSPS) is 10.1. The van der Waals surface area contributed by atoms with Crippen molar-refractivity contribution in [3.63, 3.8) is 0 Å². The summed E-state index contributed by atoms with van der Waals surface area (Å²) in [5.41, 5.74) is 12.8. The van der Waals surface area contributed by atoms with E-state index in [2.05, 4.69) is 24.3 Å². The number of anilines is 2. The average Bonchev–Trinajstić information content (AvgIpc) is 2.25. The van der Waals surface area contributed by atoms with Gasteiger partial charge in [-0.05, 0) is 0 Å². The number of hydrogen-bond acceptors (Lipinski definition) is 2. The van der Waals surface area contributed by atoms with Gasteiger partial charge in [-0.1, -0.05) is 0 Å². The number of benzene rings is 2. The van der Waals surface area contributed by atoms with E-state index in [4.69, 9.17) is 11.5 Å². The van der Waals surface area contributed by atoms with Crippen molar-refractivity contribution in [2.75, 3.05) is 11.5 Å². The fraction of sp³-hybridized carbons (Fsp3) is 0. The molecule has 2 nitrogen and oxygen atoms in total. The zero-order valence-electron chi connectivity index (χ0n) is 8.18. The van der Waals surface area contributed by atoms with Gasteiger partial charge in [0.1, 0.15) is 0 Å². The van der Waals surface area contributed by atoms with E-state index in [1.807, 2.05) is 24.3 Å². The topological polar surface area (TPSA) is 52.0 Å². The first kappa shape index (κ1) is 10.1. The Balaban J connectivity index is 2.22. The van der Waals surface area contributed by atoms with Crippen LogP contribution in [-0.4, -0.2) is 15.0 Å². The summed E-state index contributed by atoms with van der Waals surface area (Å²) in [6.45, 7) is 0. The van der Waals surface area contributed by atoms with E-state index < -0.39 is 0 Å². The zero-order valence-corrected chi connectivity index (χ0v) is 9.89. The average molecular weight is 263 g/mol. The van der Waals surface area contributed by atoms with Gasteiger partial charge in [-0.3, -0.25) is 0 Å². The van der Waals surface area contributed by atoms with Crippen molar-refractivity contribution in [1.82, 2.24) is 0 Å². The van der Waals surface area contributed by atoms with Crippen LogP contribution in [0.5, 0.6) is 0 Å². The van der Waals surface area contributed by atoms with Crippen LogP contribution in [0.3, 0.4) is 0 Å². The Labute approximate surface area is 95.4 Å². The Morgan fingerprint density at radius 1 is 0.733 bits per heavy atom. The molecule has 0 saturated carbocycles. The van der Waals surface area contributed by atoms with Gasteiger partial charge >= 0.3 is 95.3 Å². The second kappa shape index (κ2) is 4.39. The fourth-order valence-corrected chi connectivity index (χ4v) is 3.10. The van der Waals surface area contributed by atoms with Crippen LogP contribution in [0.25, 0.3) is 0 Å². The summed E-state index contributed by atoms with van der Waals surface area (Å²) in [5, 5.41) is 0. The first-order valence-electron chi connectivity index (χ1n) is 4.63. The third kappa shape index (κ3) is 2.52. The van der Waals surface area contributed by atoms with E-state index in [1.165, 1.54) is 8.92 Å². The van der Waals surface area contributed by atoms with Gasteiger partial charge in [0, 0.05) is 0 Å². The quantitative estimate of drug-likeness (QED) is 0.612. The Morgan fingerprint density at radius 3 is 2.13 bits per heavy atom. The summed E-state index contributed by atoms with van der Waals surface area (Å²) in [7, 11) is 0. The monoisotopic (exact) mass is 264 g/mol. The molecule has 0 bridgehead atoms. The fourth-order valence-electron chi connectivity index (χ4n) is 1.24. The molecule has 76 valence electrons. The van der Waals surface area contributed by atoms with Crippen molar-refractivity contribution in [2.24, 2.45) is 0 Å². The molecule has 0 aliphatic rings. The molecular weight excluding hydrogens is 251 g/mol. The van der Waals surface area contributed by atoms with Gasteiger partial charge in [0.25, 0.3) is 0 Å². The van der Waals surface area contributed by atoms with E-state index >= 15 is 0 Å². The SMILES string of the molecule is Nc1ccc([Se]c2ccccc2)cc1N. The van der Waals surface area contributed by atoms with Gasteiger partial charge in [-0.15, -0.1) is 0 Å². The molecule has 2 rings (SSSR count). The van der Waals surface area contributed by atoms with Gasteiger partial charge in [0.15, 0.2) is 0 Å². The summed E-state index contributed by atoms with van der Waals surface area (Å²) in [6.07, 6.45) is 0. The molecule has 0 aromatic heterocycles. The number of nitrogen functional groups attached to an aromatic ring is 2. The molecule has 15 heavy (non-hydrogen) atoms. The van der Waals surface area contributed by atoms with Crippen molar-refractivity contribution in [3.05, 3.63) is 48.5 Å². The summed E-state index contributed by atoms with van der Waals surface area (Å²) < 4.78 is 2.59. The van der Waals surface area contributed by atoms with Crippen molar-refractivity contribution in [2.45, 2.75) is 0 Å². The van der Waals surface area contributed by atoms with Crippen LogP contribution in [0, 0.1) is 0 Å². The standard InChI is InChI=1S/C12H12N2Se/c13-11-7-6-10(8-12(11)14)15-9-4-2-1-3-5-9/h1-8H,13-14H2. The number of rotatable bonds is 2. The van der Waals surface area contributed by atoms with Crippen molar-refractivity contribution in [1.29, 1.82) is 0 Å². The molecular formula is C12H12N2Se. The van der Waals surface area contributed by atoms with Crippen LogP contribution in [0.2, 0.25) is 0 Å². The van der Waals surface area contributed by atoms with E-state index in [9.17, 15) is 0 Å². The van der Waals surface area contributed by atoms with Gasteiger partial charge in [-0.25, -0.2) is 0 Å². The number of hydrogen-bond donors (Lipinski definition) is 2. The molecule has 0 amide bonds. The van der Waals surface area contributed by atoms with Crippen LogP contribution in [0.1, 0.15) is 0 Å². The summed E-state index contributed by atoms with van der Waals surface area (Å²) in [4.78, 5) is 0. The third-order valence-corrected chi connectivity index (χ3v) is 4.13. The molecule has 2 aromatic rings. The Bertz CT molecular complexity index is 454. The molecule has 3 heteroatoms. The van der Waals surface area contributed by atoms with Gasteiger partial charge in [0.05, 0.1) is 0 Å². The second-order valence-electron chi connectivity index (χ2n) is 3.21. The Morgan fingerprint density at radius 2 is 1.47 bits per heavy atom. The van der Waals surface area contributed by atoms with Crippen LogP contribution >= 0.6 is 0 Å². The van der Waals surface area contributed by atoms with Crippen molar-refractivity contribution < 1.29 is 0 Å². The first-order chi connectivity index (χ1) is 7.25. The van der Waals surface area contributed by atoms with Gasteiger partial charge in [0.2, 0.25) is 0 Å². The molecule has 4 N–H and O–H groups in total. The van der Waals surface area contributed by atoms with E-state index in [0.717, 1.165) is 0 Å². The van der Waals surface area contributed by atoms with Gasteiger partial charge < -0.3 is 0 Å². The molecule has 0 atom stereocenters. The predicted molar refractivity (Wildman–Crippen MR) is 66.7 cm³/mol. The van der Waals surface area contributed by atoms with E-state index in [-0.39, 0.29) is 0 Å². The molecule has 0 aliphatic carbocycles. The summed E-state index contributed by atoms with van der Waals surface area (Å²) in [5.74, 6) is 0. The predicted octanol–water partition coefficient (Wildman–Crippen LogP) is 0.506. The molecule has 0 heterocycles. The van der Waals surface area contributed by atoms with Crippen LogP contribution < -0.4 is 20.4 Å². The van der Waals surface area contributed by atoms with Crippen molar-refractivity contribution >= 4 is 35.3 Å². The first-order valence-corrected chi connectivity index (χ1v) is 6.35. The molecule has 0 saturated heterocycles. The minimum absolute atomic E-state index is 0.309. The minimum atomic E-state index is 0.309. The second-order valence-corrected chi connectivity index (χ2v) is 5.61. The summed E-state index contributed by atoms with van der Waals surface area (Å²) in [6, 6.07) is 16.3. The molecule has 0 radical (unpaired) electrons. The van der Waals surface area contributed by atoms with Crippen LogP contribution in [0.15, 0.2) is 48.5 Å². The Kier molecular flexibility index (Phi) is 2.95. The van der Waals surface area contributed by atoms with Crippen molar-refractivity contribution in [3.8, 4) is 0 Å². The van der Waals surface area contributed by atoms with Crippen LogP contribution in [-0.2, 0) is 0 Å². The zero-order chi connectivity index (χ0) is 10.7. The number of nitrogens with two attached hydrogens (primary N) is 2. The van der Waals surface area contributed by atoms with Gasteiger partial charge in [-0.2, -0.15) is 0 Å². The maximum atomic E-state index is 5.76. The molecule has 0 spiro atoms. The third-order valence-electron chi connectivity index (χ3n) is 2.04. The Hall–Kier alpha value is -1.44. The van der Waals surface area contributed by atoms with E-state index in [1.54, 1.807) is 0 Å². The summed E-state index contributed by atoms with van der Waals surface area (Å²) >= 11 is 0.309. The molecule has 2 aromatic carbocycles.